The summed E-state index contributed by atoms with van der Waals surface area (Å²) < 4.78 is 0. The van der Waals surface area contributed by atoms with Gasteiger partial charge in [0, 0.05) is 5.41 Å². The van der Waals surface area contributed by atoms with Crippen molar-refractivity contribution in [3.05, 3.63) is 16.1 Å². The fraction of sp³-hybridized carbons (Fsp3) is 0.444. The van der Waals surface area contributed by atoms with Crippen LogP contribution in [0.3, 0.4) is 0 Å². The zero-order chi connectivity index (χ0) is 10.3. The molecular weight excluding hydrogens is 202 g/mol. The van der Waals surface area contributed by atoms with Gasteiger partial charge in [0.2, 0.25) is 0 Å². The number of rotatable bonds is 3. The fourth-order valence-corrected chi connectivity index (χ4v) is 2.00. The van der Waals surface area contributed by atoms with Crippen LogP contribution in [0.15, 0.2) is 6.20 Å². The standard InChI is InChI=1S/C9H9NO3S/c1-9(2-3-9)6(11)7-10-4-5(14-7)8(12)13/h4H,2-3H2,1H3,(H,12,13). The minimum atomic E-state index is -1.03. The first-order chi connectivity index (χ1) is 6.53. The lowest BCUT2D eigenvalue weighted by Gasteiger charge is -2.01. The summed E-state index contributed by atoms with van der Waals surface area (Å²) in [6.45, 7) is 1.89. The summed E-state index contributed by atoms with van der Waals surface area (Å²) in [5.41, 5.74) is -0.270. The summed E-state index contributed by atoms with van der Waals surface area (Å²) in [5.74, 6) is -1.04. The summed E-state index contributed by atoms with van der Waals surface area (Å²) in [7, 11) is 0. The maximum Gasteiger partial charge on any atom is 0.347 e. The molecule has 0 radical (unpaired) electrons. The molecule has 0 atom stereocenters. The van der Waals surface area contributed by atoms with Crippen LogP contribution in [0.2, 0.25) is 0 Å². The predicted octanol–water partition coefficient (Wildman–Crippen LogP) is 1.82. The number of carboxylic acid groups (broad SMARTS) is 1. The van der Waals surface area contributed by atoms with Crippen LogP contribution < -0.4 is 0 Å². The van der Waals surface area contributed by atoms with Crippen molar-refractivity contribution in [2.45, 2.75) is 19.8 Å². The van der Waals surface area contributed by atoms with Gasteiger partial charge in [0.1, 0.15) is 4.88 Å². The molecule has 0 aromatic carbocycles. The van der Waals surface area contributed by atoms with Crippen LogP contribution in [0, 0.1) is 5.41 Å². The predicted molar refractivity (Wildman–Crippen MR) is 50.7 cm³/mol. The molecule has 2 rings (SSSR count). The second-order valence-electron chi connectivity index (χ2n) is 3.72. The van der Waals surface area contributed by atoms with Gasteiger partial charge in [-0.15, -0.1) is 11.3 Å². The zero-order valence-electron chi connectivity index (χ0n) is 7.61. The number of Topliss-reactive ketones (excluding diaryl/α,β-unsaturated/α-hetero) is 1. The SMILES string of the molecule is CC1(C(=O)c2ncc(C(=O)O)s2)CC1. The monoisotopic (exact) mass is 211 g/mol. The molecule has 1 fully saturated rings. The highest BCUT2D eigenvalue weighted by atomic mass is 32.1. The number of carbonyl (C=O) groups excluding carboxylic acids is 1. The molecule has 14 heavy (non-hydrogen) atoms. The Kier molecular flexibility index (Phi) is 1.92. The molecule has 1 aliphatic carbocycles. The van der Waals surface area contributed by atoms with E-state index in [-0.39, 0.29) is 16.1 Å². The van der Waals surface area contributed by atoms with E-state index in [0.29, 0.717) is 5.01 Å². The van der Waals surface area contributed by atoms with Crippen LogP contribution in [0.1, 0.15) is 39.2 Å². The zero-order valence-corrected chi connectivity index (χ0v) is 8.43. The molecule has 1 aromatic rings. The second-order valence-corrected chi connectivity index (χ2v) is 4.76. The number of aromatic carboxylic acids is 1. The highest BCUT2D eigenvalue weighted by Crippen LogP contribution is 2.47. The highest BCUT2D eigenvalue weighted by Gasteiger charge is 2.46. The Bertz CT molecular complexity index is 406. The first-order valence-electron chi connectivity index (χ1n) is 4.27. The topological polar surface area (TPSA) is 67.3 Å². The first-order valence-corrected chi connectivity index (χ1v) is 5.08. The van der Waals surface area contributed by atoms with E-state index in [1.54, 1.807) is 0 Å². The molecule has 0 unspecified atom stereocenters. The first kappa shape index (κ1) is 9.33. The van der Waals surface area contributed by atoms with Crippen molar-refractivity contribution in [3.8, 4) is 0 Å². The maximum atomic E-state index is 11.7. The molecule has 1 heterocycles. The van der Waals surface area contributed by atoms with Gasteiger partial charge in [0.15, 0.2) is 10.8 Å². The molecule has 4 nitrogen and oxygen atoms in total. The van der Waals surface area contributed by atoms with Gasteiger partial charge >= 0.3 is 5.97 Å². The average molecular weight is 211 g/mol. The van der Waals surface area contributed by atoms with Crippen molar-refractivity contribution < 1.29 is 14.7 Å². The van der Waals surface area contributed by atoms with Crippen LogP contribution in [0.25, 0.3) is 0 Å². The highest BCUT2D eigenvalue weighted by molar-refractivity contribution is 7.15. The summed E-state index contributed by atoms with van der Waals surface area (Å²) in [5, 5.41) is 8.98. The Morgan fingerprint density at radius 1 is 1.57 bits per heavy atom. The summed E-state index contributed by atoms with van der Waals surface area (Å²) in [6.07, 6.45) is 3.01. The van der Waals surface area contributed by atoms with E-state index < -0.39 is 5.97 Å². The number of ketones is 1. The Balaban J connectivity index is 2.25. The van der Waals surface area contributed by atoms with E-state index in [1.165, 1.54) is 6.20 Å². The van der Waals surface area contributed by atoms with Gasteiger partial charge < -0.3 is 5.11 Å². The molecule has 0 bridgehead atoms. The minimum absolute atomic E-state index is 0.0185. The molecule has 0 amide bonds. The Morgan fingerprint density at radius 2 is 2.21 bits per heavy atom. The second kappa shape index (κ2) is 2.88. The Hall–Kier alpha value is -1.23. The van der Waals surface area contributed by atoms with Crippen LogP contribution in [0.5, 0.6) is 0 Å². The Labute approximate surface area is 84.6 Å². The third kappa shape index (κ3) is 1.43. The van der Waals surface area contributed by atoms with Crippen LogP contribution in [-0.2, 0) is 0 Å². The number of hydrogen-bond acceptors (Lipinski definition) is 4. The molecule has 1 saturated carbocycles. The van der Waals surface area contributed by atoms with Crippen molar-refractivity contribution in [1.29, 1.82) is 0 Å². The molecular formula is C9H9NO3S. The molecule has 0 saturated heterocycles. The molecule has 0 spiro atoms. The largest absolute Gasteiger partial charge is 0.477 e. The van der Waals surface area contributed by atoms with Gasteiger partial charge in [0.05, 0.1) is 6.20 Å². The normalized spacial score (nSPS) is 17.8. The quantitative estimate of drug-likeness (QED) is 0.774. The molecule has 0 aliphatic heterocycles. The number of nitrogens with zero attached hydrogens (tertiary/aromatic N) is 1. The van der Waals surface area contributed by atoms with Gasteiger partial charge in [-0.1, -0.05) is 6.92 Å². The van der Waals surface area contributed by atoms with Crippen molar-refractivity contribution in [2.75, 3.05) is 0 Å². The third-order valence-corrected chi connectivity index (χ3v) is 3.44. The van der Waals surface area contributed by atoms with Crippen LogP contribution in [0.4, 0.5) is 0 Å². The van der Waals surface area contributed by atoms with E-state index in [0.717, 1.165) is 24.2 Å². The van der Waals surface area contributed by atoms with Gasteiger partial charge in [-0.25, -0.2) is 9.78 Å². The molecule has 1 aliphatic rings. The van der Waals surface area contributed by atoms with Crippen molar-refractivity contribution >= 4 is 23.1 Å². The van der Waals surface area contributed by atoms with Crippen molar-refractivity contribution in [1.82, 2.24) is 4.98 Å². The summed E-state index contributed by atoms with van der Waals surface area (Å²) in [6, 6.07) is 0. The number of carbonyl (C=O) groups is 2. The van der Waals surface area contributed by atoms with Gasteiger partial charge in [-0.2, -0.15) is 0 Å². The van der Waals surface area contributed by atoms with Gasteiger partial charge in [-0.05, 0) is 12.8 Å². The average Bonchev–Trinajstić information content (AvgIpc) is 2.69. The third-order valence-electron chi connectivity index (χ3n) is 2.46. The van der Waals surface area contributed by atoms with Crippen molar-refractivity contribution in [3.63, 3.8) is 0 Å². The number of carboxylic acids is 1. The Morgan fingerprint density at radius 3 is 2.64 bits per heavy atom. The molecule has 74 valence electrons. The van der Waals surface area contributed by atoms with Crippen LogP contribution in [-0.4, -0.2) is 21.8 Å². The van der Waals surface area contributed by atoms with Gasteiger partial charge in [-0.3, -0.25) is 4.79 Å². The minimum Gasteiger partial charge on any atom is -0.477 e. The lowest BCUT2D eigenvalue weighted by Crippen LogP contribution is -2.11. The van der Waals surface area contributed by atoms with E-state index in [2.05, 4.69) is 4.98 Å². The van der Waals surface area contributed by atoms with E-state index >= 15 is 0 Å². The van der Waals surface area contributed by atoms with Crippen molar-refractivity contribution in [2.24, 2.45) is 5.41 Å². The van der Waals surface area contributed by atoms with E-state index in [4.69, 9.17) is 5.11 Å². The van der Waals surface area contributed by atoms with E-state index in [1.807, 2.05) is 6.92 Å². The maximum absolute atomic E-state index is 11.7. The number of aromatic nitrogens is 1. The lowest BCUT2D eigenvalue weighted by atomic mass is 10.1. The molecule has 5 heteroatoms. The summed E-state index contributed by atoms with van der Waals surface area (Å²) in [4.78, 5) is 26.2. The number of thiazole rings is 1. The molecule has 1 aromatic heterocycles. The lowest BCUT2D eigenvalue weighted by molar-refractivity contribution is 0.0701. The fourth-order valence-electron chi connectivity index (χ4n) is 1.15. The summed E-state index contributed by atoms with van der Waals surface area (Å²) >= 11 is 0.956. The van der Waals surface area contributed by atoms with Crippen LogP contribution >= 0.6 is 11.3 Å². The van der Waals surface area contributed by atoms with E-state index in [9.17, 15) is 9.59 Å². The number of hydrogen-bond donors (Lipinski definition) is 1. The molecule has 1 N–H and O–H groups in total. The smallest absolute Gasteiger partial charge is 0.347 e. The van der Waals surface area contributed by atoms with Gasteiger partial charge in [0.25, 0.3) is 0 Å².